The highest BCUT2D eigenvalue weighted by Crippen LogP contribution is 2.50. The number of likely N-dealkylation sites (tertiary alicyclic amines) is 1. The predicted octanol–water partition coefficient (Wildman–Crippen LogP) is 6.68. The molecule has 2 aliphatic heterocycles. The van der Waals surface area contributed by atoms with Gasteiger partial charge in [-0.1, -0.05) is 79.2 Å². The van der Waals surface area contributed by atoms with Crippen molar-refractivity contribution in [2.75, 3.05) is 13.1 Å². The van der Waals surface area contributed by atoms with Crippen LogP contribution in [-0.2, 0) is 11.3 Å². The average molecular weight is 633 g/mol. The van der Waals surface area contributed by atoms with Gasteiger partial charge in [0.1, 0.15) is 5.66 Å². The number of tetrazole rings is 1. The summed E-state index contributed by atoms with van der Waals surface area (Å²) in [5.74, 6) is 1.58. The van der Waals surface area contributed by atoms with Crippen molar-refractivity contribution in [2.24, 2.45) is 27.2 Å². The molecular formula is C36H56N8O2. The normalized spacial score (nSPS) is 24.3. The molecular weight excluding hydrogens is 576 g/mol. The maximum absolute atomic E-state index is 14.8. The van der Waals surface area contributed by atoms with Gasteiger partial charge in [-0.2, -0.15) is 5.21 Å². The van der Waals surface area contributed by atoms with Crippen molar-refractivity contribution >= 4 is 17.6 Å². The third-order valence-corrected chi connectivity index (χ3v) is 10.5. The minimum absolute atomic E-state index is 0.0783. The molecule has 1 aliphatic carbocycles. The molecule has 10 heteroatoms. The largest absolute Gasteiger partial charge is 0.352 e. The molecule has 0 unspecified atom stereocenters. The minimum atomic E-state index is -0.539. The fourth-order valence-corrected chi connectivity index (χ4v) is 7.78. The first-order valence-electron chi connectivity index (χ1n) is 17.4. The number of carbonyl (C=O) groups is 2. The van der Waals surface area contributed by atoms with Crippen LogP contribution in [0.25, 0.3) is 0 Å². The number of rotatable bonds is 8. The lowest BCUT2D eigenvalue weighted by atomic mass is 9.69. The van der Waals surface area contributed by atoms with E-state index in [9.17, 15) is 9.59 Å². The van der Waals surface area contributed by atoms with Crippen molar-refractivity contribution in [1.29, 1.82) is 0 Å². The lowest BCUT2D eigenvalue weighted by Crippen LogP contribution is -2.53. The molecule has 252 valence electrons. The summed E-state index contributed by atoms with van der Waals surface area (Å²) in [4.78, 5) is 37.7. The maximum atomic E-state index is 14.8. The quantitative estimate of drug-likeness (QED) is 0.335. The molecule has 0 bridgehead atoms. The first-order valence-corrected chi connectivity index (χ1v) is 17.4. The molecule has 10 nitrogen and oxygen atoms in total. The molecule has 3 aliphatic rings. The summed E-state index contributed by atoms with van der Waals surface area (Å²) in [6.45, 7) is 20.4. The molecule has 1 saturated heterocycles. The van der Waals surface area contributed by atoms with E-state index in [0.29, 0.717) is 23.1 Å². The molecule has 2 N–H and O–H groups in total. The highest BCUT2D eigenvalue weighted by Gasteiger charge is 2.54. The van der Waals surface area contributed by atoms with Gasteiger partial charge in [0.25, 0.3) is 11.8 Å². The number of aromatic nitrogens is 4. The summed E-state index contributed by atoms with van der Waals surface area (Å²) in [5, 5.41) is 16.6. The van der Waals surface area contributed by atoms with E-state index in [1.54, 1.807) is 0 Å². The van der Waals surface area contributed by atoms with E-state index in [1.165, 1.54) is 0 Å². The van der Waals surface area contributed by atoms with Crippen LogP contribution < -0.4 is 5.32 Å². The number of carbonyl (C=O) groups excluding carboxylic acids is 2. The molecule has 1 aromatic heterocycles. The molecule has 1 aromatic carbocycles. The number of nitrogens with one attached hydrogen (secondary N) is 2. The van der Waals surface area contributed by atoms with Gasteiger partial charge >= 0.3 is 0 Å². The maximum Gasteiger partial charge on any atom is 0.291 e. The van der Waals surface area contributed by atoms with Crippen LogP contribution in [0, 0.1) is 22.2 Å². The van der Waals surface area contributed by atoms with Crippen molar-refractivity contribution in [1.82, 2.24) is 35.7 Å². The van der Waals surface area contributed by atoms with Crippen LogP contribution in [-0.4, -0.2) is 66.8 Å². The Labute approximate surface area is 275 Å². The summed E-state index contributed by atoms with van der Waals surface area (Å²) in [6, 6.07) is 7.69. The van der Waals surface area contributed by atoms with Crippen LogP contribution in [0.5, 0.6) is 0 Å². The number of benzene rings is 1. The zero-order chi connectivity index (χ0) is 33.3. The van der Waals surface area contributed by atoms with Gasteiger partial charge in [0.05, 0.1) is 12.6 Å². The summed E-state index contributed by atoms with van der Waals surface area (Å²) >= 11 is 0. The van der Waals surface area contributed by atoms with Gasteiger partial charge in [0.2, 0.25) is 0 Å². The highest BCUT2D eigenvalue weighted by molar-refractivity contribution is 6.39. The van der Waals surface area contributed by atoms with Crippen molar-refractivity contribution in [3.8, 4) is 0 Å². The lowest BCUT2D eigenvalue weighted by Gasteiger charge is -2.47. The van der Waals surface area contributed by atoms with E-state index in [4.69, 9.17) is 4.99 Å². The van der Waals surface area contributed by atoms with E-state index >= 15 is 0 Å². The van der Waals surface area contributed by atoms with Gasteiger partial charge in [0, 0.05) is 18.7 Å². The van der Waals surface area contributed by atoms with E-state index in [-0.39, 0.29) is 40.6 Å². The highest BCUT2D eigenvalue weighted by atomic mass is 16.2. The molecule has 1 spiro atoms. The molecule has 2 fully saturated rings. The van der Waals surface area contributed by atoms with Crippen LogP contribution >= 0.6 is 0 Å². The molecule has 2 aromatic rings. The molecule has 2 amide bonds. The molecule has 46 heavy (non-hydrogen) atoms. The molecule has 3 heterocycles. The van der Waals surface area contributed by atoms with E-state index < -0.39 is 5.66 Å². The zero-order valence-corrected chi connectivity index (χ0v) is 29.4. The van der Waals surface area contributed by atoms with Crippen LogP contribution in [0.1, 0.15) is 141 Å². The monoisotopic (exact) mass is 632 g/mol. The van der Waals surface area contributed by atoms with Crippen molar-refractivity contribution < 1.29 is 9.59 Å². The second kappa shape index (κ2) is 13.1. The Balaban J connectivity index is 1.46. The Morgan fingerprint density at radius 3 is 2.35 bits per heavy atom. The fraction of sp³-hybridized carbons (Fsp3) is 0.722. The summed E-state index contributed by atoms with van der Waals surface area (Å²) in [5.41, 5.74) is 1.65. The standard InChI is InChI=1S/C36H56N8O2/c1-33(2,3)18-9-11-28(25-12-14-26(15-13-25)31(45)37-23-29-39-41-42-40-29)44-32(46)30(43-22-10-19-35(7,8)24-43)38-36(44)20-16-27(17-21-36)34(4,5)6/h12-15,27-28H,9-11,16-24H2,1-8H3,(H,37,45)(H,39,40,41,42)/t27?,28-,36?/m1/s1. The summed E-state index contributed by atoms with van der Waals surface area (Å²) < 4.78 is 0. The molecule has 1 saturated carbocycles. The van der Waals surface area contributed by atoms with Crippen LogP contribution in [0.4, 0.5) is 0 Å². The topological polar surface area (TPSA) is 119 Å². The van der Waals surface area contributed by atoms with Crippen LogP contribution in [0.15, 0.2) is 29.3 Å². The third-order valence-electron chi connectivity index (χ3n) is 10.5. The van der Waals surface area contributed by atoms with Gasteiger partial charge < -0.3 is 15.1 Å². The molecule has 1 atom stereocenters. The summed E-state index contributed by atoms with van der Waals surface area (Å²) in [7, 11) is 0. The number of aliphatic imine (C=N–C) groups is 1. The van der Waals surface area contributed by atoms with Crippen LogP contribution in [0.2, 0.25) is 0 Å². The summed E-state index contributed by atoms with van der Waals surface area (Å²) in [6.07, 6.45) is 9.04. The second-order valence-electron chi connectivity index (χ2n) is 17.0. The van der Waals surface area contributed by atoms with Gasteiger partial charge in [-0.25, -0.2) is 4.99 Å². The average Bonchev–Trinajstić information content (AvgIpc) is 3.59. The molecule has 0 radical (unpaired) electrons. The SMILES string of the molecule is CC(C)(C)CCC[C@H](c1ccc(C(=O)NCc2nn[nH]n2)cc1)N1C(=O)C(N2CCCC(C)(C)C2)=NC12CCC(C(C)(C)C)CC2. The lowest BCUT2D eigenvalue weighted by molar-refractivity contribution is -0.134. The number of amidine groups is 1. The number of amides is 2. The predicted molar refractivity (Wildman–Crippen MR) is 181 cm³/mol. The number of nitrogens with zero attached hydrogens (tertiary/aromatic N) is 6. The zero-order valence-electron chi connectivity index (χ0n) is 29.4. The third kappa shape index (κ3) is 7.80. The molecule has 5 rings (SSSR count). The number of piperidine rings is 1. The van der Waals surface area contributed by atoms with Gasteiger partial charge in [-0.05, 0) is 91.2 Å². The van der Waals surface area contributed by atoms with E-state index in [0.717, 1.165) is 76.4 Å². The van der Waals surface area contributed by atoms with E-state index in [2.05, 4.69) is 91.1 Å². The Morgan fingerprint density at radius 2 is 1.76 bits per heavy atom. The Morgan fingerprint density at radius 1 is 1.07 bits per heavy atom. The Hall–Kier alpha value is -3.30. The first-order chi connectivity index (χ1) is 21.6. The smallest absolute Gasteiger partial charge is 0.291 e. The number of hydrogen-bond donors (Lipinski definition) is 2. The Bertz CT molecular complexity index is 1380. The fourth-order valence-electron chi connectivity index (χ4n) is 7.78. The number of aromatic amines is 1. The second-order valence-corrected chi connectivity index (χ2v) is 17.0. The van der Waals surface area contributed by atoms with Crippen molar-refractivity contribution in [3.05, 3.63) is 41.2 Å². The minimum Gasteiger partial charge on any atom is -0.352 e. The van der Waals surface area contributed by atoms with E-state index in [1.807, 2.05) is 24.3 Å². The van der Waals surface area contributed by atoms with Crippen LogP contribution in [0.3, 0.4) is 0 Å². The van der Waals surface area contributed by atoms with Crippen molar-refractivity contribution in [3.63, 3.8) is 0 Å². The van der Waals surface area contributed by atoms with Gasteiger partial charge in [0.15, 0.2) is 11.7 Å². The van der Waals surface area contributed by atoms with Gasteiger partial charge in [-0.15, -0.1) is 10.2 Å². The Kier molecular flexibility index (Phi) is 9.67. The van der Waals surface area contributed by atoms with Gasteiger partial charge in [-0.3, -0.25) is 9.59 Å². The van der Waals surface area contributed by atoms with Crippen molar-refractivity contribution in [2.45, 2.75) is 131 Å². The number of hydrogen-bond acceptors (Lipinski definition) is 7. The first kappa shape index (κ1) is 34.0. The number of H-pyrrole nitrogens is 1.